The van der Waals surface area contributed by atoms with Crippen molar-refractivity contribution in [2.45, 2.75) is 13.3 Å². The van der Waals surface area contributed by atoms with Crippen molar-refractivity contribution in [3.63, 3.8) is 0 Å². The van der Waals surface area contributed by atoms with E-state index in [1.54, 1.807) is 19.1 Å². The molecule has 0 fully saturated rings. The molecule has 4 bridgehead atoms. The lowest BCUT2D eigenvalue weighted by Crippen LogP contribution is -2.35. The molecule has 11 nitrogen and oxygen atoms in total. The van der Waals surface area contributed by atoms with Gasteiger partial charge in [0.05, 0.1) is 11.5 Å². The summed E-state index contributed by atoms with van der Waals surface area (Å²) < 4.78 is 16.2. The molecule has 3 rings (SSSR count). The molecule has 158 valence electrons. The number of ether oxygens (including phenoxy) is 3. The zero-order chi connectivity index (χ0) is 21.5. The van der Waals surface area contributed by atoms with Gasteiger partial charge in [-0.1, -0.05) is 12.1 Å². The molecule has 2 aromatic rings. The molecule has 1 aromatic heterocycles. The third kappa shape index (κ3) is 4.93. The number of nitrogens with zero attached hydrogens (tertiary/aromatic N) is 4. The van der Waals surface area contributed by atoms with Crippen molar-refractivity contribution < 1.29 is 23.9 Å². The molecule has 0 aliphatic carbocycles. The van der Waals surface area contributed by atoms with E-state index in [-0.39, 0.29) is 31.6 Å². The first-order valence-electron chi connectivity index (χ1n) is 9.25. The van der Waals surface area contributed by atoms with E-state index >= 15 is 0 Å². The van der Waals surface area contributed by atoms with Crippen LogP contribution in [0.3, 0.4) is 0 Å². The fourth-order valence-electron chi connectivity index (χ4n) is 2.79. The number of nitro groups is 1. The number of carbonyl (C=O) groups excluding carboxylic acids is 1. The first-order chi connectivity index (χ1) is 14.5. The molecule has 0 unspecified atom stereocenters. The maximum Gasteiger partial charge on any atom is 0.415 e. The van der Waals surface area contributed by atoms with Crippen LogP contribution in [0, 0.1) is 10.1 Å². The molecule has 2 heterocycles. The number of hydrogen-bond acceptors (Lipinski definition) is 9. The maximum absolute atomic E-state index is 12.6. The number of anilines is 2. The Morgan fingerprint density at radius 2 is 2.07 bits per heavy atom. The molecule has 1 aliphatic rings. The van der Waals surface area contributed by atoms with Gasteiger partial charge in [0.15, 0.2) is 0 Å². The topological polar surface area (TPSA) is 143 Å². The highest BCUT2D eigenvalue weighted by Crippen LogP contribution is 2.33. The first kappa shape index (κ1) is 20.8. The zero-order valence-corrected chi connectivity index (χ0v) is 16.3. The average molecular weight is 415 g/mol. The van der Waals surface area contributed by atoms with Crippen LogP contribution in [0.1, 0.15) is 12.5 Å². The summed E-state index contributed by atoms with van der Waals surface area (Å²) in [7, 11) is 0. The molecule has 0 spiro atoms. The summed E-state index contributed by atoms with van der Waals surface area (Å²) in [6, 6.07) is 7.15. The molecule has 1 aliphatic heterocycles. The highest BCUT2D eigenvalue weighted by molar-refractivity contribution is 5.90. The summed E-state index contributed by atoms with van der Waals surface area (Å²) in [5.74, 6) is -0.0358. The maximum atomic E-state index is 12.6. The van der Waals surface area contributed by atoms with Crippen LogP contribution in [-0.4, -0.2) is 47.3 Å². The van der Waals surface area contributed by atoms with Gasteiger partial charge in [0.2, 0.25) is 11.6 Å². The average Bonchev–Trinajstić information content (AvgIpc) is 2.70. The van der Waals surface area contributed by atoms with Crippen LogP contribution in [0.5, 0.6) is 11.8 Å². The molecule has 2 N–H and O–H groups in total. The minimum Gasteiger partial charge on any atom is -0.490 e. The number of fused-ring (bicyclic) bond motifs is 4. The Labute approximate surface area is 172 Å². The van der Waals surface area contributed by atoms with Gasteiger partial charge >= 0.3 is 17.8 Å². The van der Waals surface area contributed by atoms with Gasteiger partial charge in [0.1, 0.15) is 19.0 Å². The highest BCUT2D eigenvalue weighted by Gasteiger charge is 2.32. The summed E-state index contributed by atoms with van der Waals surface area (Å²) >= 11 is 0. The van der Waals surface area contributed by atoms with Crippen LogP contribution in [0.2, 0.25) is 0 Å². The van der Waals surface area contributed by atoms with E-state index in [1.165, 1.54) is 0 Å². The lowest BCUT2D eigenvalue weighted by Gasteiger charge is -2.21. The molecule has 30 heavy (non-hydrogen) atoms. The van der Waals surface area contributed by atoms with Crippen molar-refractivity contribution in [3.8, 4) is 11.8 Å². The van der Waals surface area contributed by atoms with Crippen molar-refractivity contribution >= 4 is 23.4 Å². The number of rotatable bonds is 2. The lowest BCUT2D eigenvalue weighted by atomic mass is 10.1. The van der Waals surface area contributed by atoms with Crippen molar-refractivity contribution in [1.82, 2.24) is 9.97 Å². The zero-order valence-electron chi connectivity index (χ0n) is 16.3. The normalized spacial score (nSPS) is 14.0. The van der Waals surface area contributed by atoms with Crippen molar-refractivity contribution in [2.75, 3.05) is 37.0 Å². The van der Waals surface area contributed by atoms with Crippen LogP contribution in [0.15, 0.2) is 36.4 Å². The van der Waals surface area contributed by atoms with E-state index in [9.17, 15) is 14.9 Å². The molecule has 11 heteroatoms. The Bertz CT molecular complexity index is 964. The van der Waals surface area contributed by atoms with Crippen LogP contribution >= 0.6 is 0 Å². The fraction of sp³-hybridized carbons (Fsp3) is 0.316. The summed E-state index contributed by atoms with van der Waals surface area (Å²) in [6.07, 6.45) is 3.02. The monoisotopic (exact) mass is 415 g/mol. The van der Waals surface area contributed by atoms with E-state index in [4.69, 9.17) is 19.9 Å². The molecule has 1 aromatic carbocycles. The Morgan fingerprint density at radius 1 is 1.30 bits per heavy atom. The van der Waals surface area contributed by atoms with Gasteiger partial charge in [-0.2, -0.15) is 9.97 Å². The minimum atomic E-state index is -0.790. The molecular formula is C19H21N5O6. The van der Waals surface area contributed by atoms with E-state index in [0.29, 0.717) is 18.8 Å². The third-order valence-electron chi connectivity index (χ3n) is 4.14. The highest BCUT2D eigenvalue weighted by atomic mass is 16.6. The Balaban J connectivity index is 2.08. The Hall–Kier alpha value is -3.89. The quantitative estimate of drug-likeness (QED) is 0.444. The van der Waals surface area contributed by atoms with Crippen molar-refractivity contribution in [1.29, 1.82) is 0 Å². The van der Waals surface area contributed by atoms with Gasteiger partial charge in [-0.15, -0.1) is 0 Å². The smallest absolute Gasteiger partial charge is 0.415 e. The summed E-state index contributed by atoms with van der Waals surface area (Å²) in [4.78, 5) is 32.5. The fourth-order valence-corrected chi connectivity index (χ4v) is 2.79. The largest absolute Gasteiger partial charge is 0.490 e. The summed E-state index contributed by atoms with van der Waals surface area (Å²) in [5.41, 5.74) is 6.06. The number of hydrogen-bond donors (Lipinski definition) is 1. The van der Waals surface area contributed by atoms with Gasteiger partial charge < -0.3 is 19.9 Å². The summed E-state index contributed by atoms with van der Waals surface area (Å²) in [6.45, 7) is 2.18. The molecule has 0 atom stereocenters. The van der Waals surface area contributed by atoms with Crippen molar-refractivity contribution in [2.24, 2.45) is 0 Å². The number of aromatic nitrogens is 2. The molecular weight excluding hydrogens is 394 g/mol. The number of benzene rings is 1. The molecule has 0 saturated carbocycles. The standard InChI is InChI=1S/C19H21N5O6/c1-2-28-19(25)23-9-8-13-6-5-7-14(12-13)29-10-3-4-11-30-18-21-16(20)15(24(26)27)17(23)22-18/h3-7,12H,2,8-11H2,1H3,(H2,20,21,22). The number of nitrogens with two attached hydrogens (primary N) is 1. The van der Waals surface area contributed by atoms with Gasteiger partial charge in [-0.05, 0) is 43.2 Å². The second-order valence-electron chi connectivity index (χ2n) is 6.16. The van der Waals surface area contributed by atoms with E-state index < -0.39 is 22.5 Å². The summed E-state index contributed by atoms with van der Waals surface area (Å²) in [5, 5.41) is 11.6. The number of carbonyl (C=O) groups is 1. The Morgan fingerprint density at radius 3 is 2.80 bits per heavy atom. The predicted octanol–water partition coefficient (Wildman–Crippen LogP) is 2.50. The molecule has 0 saturated heterocycles. The third-order valence-corrected chi connectivity index (χ3v) is 4.14. The van der Waals surface area contributed by atoms with Gasteiger partial charge in [0, 0.05) is 6.54 Å². The van der Waals surface area contributed by atoms with Crippen LogP contribution in [-0.2, 0) is 11.2 Å². The Kier molecular flexibility index (Phi) is 6.63. The second kappa shape index (κ2) is 9.54. The van der Waals surface area contributed by atoms with Crippen LogP contribution < -0.4 is 20.1 Å². The van der Waals surface area contributed by atoms with E-state index in [0.717, 1.165) is 10.5 Å². The number of amides is 1. The van der Waals surface area contributed by atoms with E-state index in [1.807, 2.05) is 24.3 Å². The van der Waals surface area contributed by atoms with Gasteiger partial charge in [0.25, 0.3) is 0 Å². The lowest BCUT2D eigenvalue weighted by molar-refractivity contribution is -0.383. The van der Waals surface area contributed by atoms with Crippen LogP contribution in [0.25, 0.3) is 0 Å². The van der Waals surface area contributed by atoms with E-state index in [2.05, 4.69) is 9.97 Å². The molecule has 0 radical (unpaired) electrons. The molecule has 1 amide bonds. The SMILES string of the molecule is CCOC(=O)N1CCc2cccc(c2)OCC=CCOc2nc(N)c([N+](=O)[O-])c1n2. The minimum absolute atomic E-state index is 0.0528. The van der Waals surface area contributed by atoms with Gasteiger partial charge in [-0.3, -0.25) is 15.0 Å². The van der Waals surface area contributed by atoms with Crippen LogP contribution in [0.4, 0.5) is 22.1 Å². The first-order valence-corrected chi connectivity index (χ1v) is 9.25. The predicted molar refractivity (Wildman–Crippen MR) is 108 cm³/mol. The van der Waals surface area contributed by atoms with Crippen molar-refractivity contribution in [3.05, 3.63) is 52.1 Å². The number of nitrogen functional groups attached to an aromatic ring is 1. The second-order valence-corrected chi connectivity index (χ2v) is 6.16. The van der Waals surface area contributed by atoms with Gasteiger partial charge in [-0.25, -0.2) is 4.79 Å².